The summed E-state index contributed by atoms with van der Waals surface area (Å²) in [4.78, 5) is 2.44. The average Bonchev–Trinajstić information content (AvgIpc) is 3.77. The molecule has 1 aromatic heterocycles. The summed E-state index contributed by atoms with van der Waals surface area (Å²) in [5, 5.41) is 7.43. The summed E-state index contributed by atoms with van der Waals surface area (Å²) in [5.74, 6) is 0. The Bertz CT molecular complexity index is 3330. The fourth-order valence-electron chi connectivity index (χ4n) is 10.0. The summed E-state index contributed by atoms with van der Waals surface area (Å²) in [7, 11) is 0. The predicted molar refractivity (Wildman–Crippen MR) is 259 cm³/mol. The van der Waals surface area contributed by atoms with Gasteiger partial charge in [0, 0.05) is 38.9 Å². The Morgan fingerprint density at radius 3 is 1.33 bits per heavy atom. The lowest BCUT2D eigenvalue weighted by Gasteiger charge is -2.28. The quantitative estimate of drug-likeness (QED) is 0.163. The van der Waals surface area contributed by atoms with Gasteiger partial charge >= 0.3 is 0 Å². The highest BCUT2D eigenvalue weighted by Gasteiger charge is 2.36. The smallest absolute Gasteiger partial charge is 0.0541 e. The van der Waals surface area contributed by atoms with Crippen LogP contribution in [0.4, 0.5) is 17.1 Å². The van der Waals surface area contributed by atoms with Crippen LogP contribution in [-0.2, 0) is 5.41 Å². The van der Waals surface area contributed by atoms with Gasteiger partial charge in [-0.3, -0.25) is 0 Å². The van der Waals surface area contributed by atoms with E-state index >= 15 is 0 Å². The standard InChI is InChI=1S/C59H42N2/c1-59(2)55-37-49(29-31-51(55)52-32-30-50(38-56(52)59)61-57-19-11-9-17-53(57)54-18-10-12-20-58(54)61)60(47-27-25-43-33-41(21-23-45(43)35-47)39-13-5-3-6-14-39)48-28-26-44-34-42(22-24-46(44)36-48)40-15-7-4-8-16-40/h3-38H,1-2H3. The van der Waals surface area contributed by atoms with Crippen LogP contribution in [0.5, 0.6) is 0 Å². The van der Waals surface area contributed by atoms with Crippen molar-refractivity contribution in [1.29, 1.82) is 0 Å². The lowest BCUT2D eigenvalue weighted by Crippen LogP contribution is -2.17. The lowest BCUT2D eigenvalue weighted by atomic mass is 9.82. The second kappa shape index (κ2) is 13.7. The zero-order valence-corrected chi connectivity index (χ0v) is 34.2. The van der Waals surface area contributed by atoms with Crippen molar-refractivity contribution in [2.24, 2.45) is 0 Å². The summed E-state index contributed by atoms with van der Waals surface area (Å²) in [5.41, 5.74) is 17.0. The number of nitrogens with zero attached hydrogens (tertiary/aromatic N) is 2. The average molecular weight is 779 g/mol. The summed E-state index contributed by atoms with van der Waals surface area (Å²) < 4.78 is 2.43. The molecule has 12 rings (SSSR count). The first-order valence-corrected chi connectivity index (χ1v) is 21.2. The van der Waals surface area contributed by atoms with Crippen LogP contribution in [0.15, 0.2) is 218 Å². The molecule has 0 fully saturated rings. The third kappa shape index (κ3) is 5.71. The lowest BCUT2D eigenvalue weighted by molar-refractivity contribution is 0.660. The minimum absolute atomic E-state index is 0.227. The molecule has 1 heterocycles. The summed E-state index contributed by atoms with van der Waals surface area (Å²) in [6.45, 7) is 4.78. The molecule has 2 heteroatoms. The van der Waals surface area contributed by atoms with Gasteiger partial charge in [-0.15, -0.1) is 0 Å². The van der Waals surface area contributed by atoms with Crippen LogP contribution >= 0.6 is 0 Å². The minimum atomic E-state index is -0.227. The Kier molecular flexibility index (Phi) is 7.92. The molecule has 2 nitrogen and oxygen atoms in total. The Labute approximate surface area is 356 Å². The molecule has 0 N–H and O–H groups in total. The van der Waals surface area contributed by atoms with Crippen molar-refractivity contribution < 1.29 is 0 Å². The van der Waals surface area contributed by atoms with Crippen LogP contribution in [0.3, 0.4) is 0 Å². The number of anilines is 3. The number of aromatic nitrogens is 1. The van der Waals surface area contributed by atoms with Gasteiger partial charge in [0.2, 0.25) is 0 Å². The first-order chi connectivity index (χ1) is 30.0. The fraction of sp³-hybridized carbons (Fsp3) is 0.0508. The molecule has 11 aromatic rings. The van der Waals surface area contributed by atoms with Crippen LogP contribution < -0.4 is 4.90 Å². The maximum Gasteiger partial charge on any atom is 0.0541 e. The van der Waals surface area contributed by atoms with Gasteiger partial charge in [0.25, 0.3) is 0 Å². The normalized spacial score (nSPS) is 12.9. The summed E-state index contributed by atoms with van der Waals surface area (Å²) >= 11 is 0. The largest absolute Gasteiger partial charge is 0.310 e. The van der Waals surface area contributed by atoms with Crippen molar-refractivity contribution in [2.75, 3.05) is 4.90 Å². The zero-order chi connectivity index (χ0) is 40.7. The van der Waals surface area contributed by atoms with Gasteiger partial charge in [0.1, 0.15) is 0 Å². The van der Waals surface area contributed by atoms with Crippen molar-refractivity contribution in [3.05, 3.63) is 230 Å². The monoisotopic (exact) mass is 778 g/mol. The van der Waals surface area contributed by atoms with Crippen molar-refractivity contribution in [3.8, 4) is 39.1 Å². The molecule has 0 unspecified atom stereocenters. The third-order valence-corrected chi connectivity index (χ3v) is 13.1. The van der Waals surface area contributed by atoms with Gasteiger partial charge in [-0.1, -0.05) is 159 Å². The highest BCUT2D eigenvalue weighted by molar-refractivity contribution is 6.09. The SMILES string of the molecule is CC1(C)c2cc(N(c3ccc4cc(-c5ccccc5)ccc4c3)c3ccc4cc(-c5ccccc5)ccc4c3)ccc2-c2ccc(-n3c4ccccc4c4ccccc43)cc21. The minimum Gasteiger partial charge on any atom is -0.310 e. The van der Waals surface area contributed by atoms with Crippen molar-refractivity contribution in [2.45, 2.75) is 19.3 Å². The predicted octanol–water partition coefficient (Wildman–Crippen LogP) is 16.2. The van der Waals surface area contributed by atoms with E-state index in [1.54, 1.807) is 0 Å². The van der Waals surface area contributed by atoms with Crippen LogP contribution in [0.1, 0.15) is 25.0 Å². The van der Waals surface area contributed by atoms with E-state index in [1.807, 2.05) is 0 Å². The van der Waals surface area contributed by atoms with E-state index in [1.165, 1.54) is 93.5 Å². The summed E-state index contributed by atoms with van der Waals surface area (Å²) in [6.07, 6.45) is 0. The maximum atomic E-state index is 2.45. The number of hydrogen-bond acceptors (Lipinski definition) is 1. The first-order valence-electron chi connectivity index (χ1n) is 21.2. The molecule has 0 saturated heterocycles. The molecule has 0 atom stereocenters. The molecule has 0 saturated carbocycles. The molecule has 0 aliphatic heterocycles. The Morgan fingerprint density at radius 1 is 0.344 bits per heavy atom. The van der Waals surface area contributed by atoms with E-state index in [9.17, 15) is 0 Å². The van der Waals surface area contributed by atoms with E-state index in [2.05, 4.69) is 242 Å². The summed E-state index contributed by atoms with van der Waals surface area (Å²) in [6, 6.07) is 80.5. The van der Waals surface area contributed by atoms with Crippen LogP contribution in [-0.4, -0.2) is 4.57 Å². The third-order valence-electron chi connectivity index (χ3n) is 13.1. The second-order valence-corrected chi connectivity index (χ2v) is 17.0. The maximum absolute atomic E-state index is 2.45. The van der Waals surface area contributed by atoms with E-state index in [-0.39, 0.29) is 5.41 Å². The molecule has 0 amide bonds. The van der Waals surface area contributed by atoms with Crippen LogP contribution in [0, 0.1) is 0 Å². The Hall–Kier alpha value is -7.68. The van der Waals surface area contributed by atoms with Crippen LogP contribution in [0.2, 0.25) is 0 Å². The Balaban J connectivity index is 0.985. The zero-order valence-electron chi connectivity index (χ0n) is 34.2. The molecule has 288 valence electrons. The van der Waals surface area contributed by atoms with Crippen molar-refractivity contribution in [3.63, 3.8) is 0 Å². The second-order valence-electron chi connectivity index (χ2n) is 17.0. The van der Waals surface area contributed by atoms with E-state index in [4.69, 9.17) is 0 Å². The topological polar surface area (TPSA) is 8.17 Å². The first kappa shape index (κ1) is 35.3. The molecular formula is C59H42N2. The highest BCUT2D eigenvalue weighted by Crippen LogP contribution is 2.52. The number of para-hydroxylation sites is 2. The molecule has 1 aliphatic carbocycles. The molecular weight excluding hydrogens is 737 g/mol. The van der Waals surface area contributed by atoms with Gasteiger partial charge in [-0.2, -0.15) is 0 Å². The number of fused-ring (bicyclic) bond motifs is 8. The molecule has 61 heavy (non-hydrogen) atoms. The fourth-order valence-corrected chi connectivity index (χ4v) is 10.0. The molecule has 1 aliphatic rings. The van der Waals surface area contributed by atoms with Gasteiger partial charge in [-0.25, -0.2) is 0 Å². The number of benzene rings is 10. The van der Waals surface area contributed by atoms with E-state index in [0.717, 1.165) is 17.1 Å². The van der Waals surface area contributed by atoms with E-state index in [0.29, 0.717) is 0 Å². The van der Waals surface area contributed by atoms with Gasteiger partial charge in [-0.05, 0) is 139 Å². The molecule has 0 radical (unpaired) electrons. The van der Waals surface area contributed by atoms with E-state index < -0.39 is 0 Å². The van der Waals surface area contributed by atoms with Crippen molar-refractivity contribution in [1.82, 2.24) is 4.57 Å². The van der Waals surface area contributed by atoms with Crippen LogP contribution in [0.25, 0.3) is 82.4 Å². The molecule has 0 bridgehead atoms. The van der Waals surface area contributed by atoms with Crippen molar-refractivity contribution >= 4 is 60.4 Å². The number of rotatable bonds is 6. The van der Waals surface area contributed by atoms with Gasteiger partial charge in [0.15, 0.2) is 0 Å². The highest BCUT2D eigenvalue weighted by atomic mass is 15.1. The molecule has 0 spiro atoms. The number of hydrogen-bond donors (Lipinski definition) is 0. The van der Waals surface area contributed by atoms with Gasteiger partial charge < -0.3 is 9.47 Å². The molecule has 10 aromatic carbocycles. The Morgan fingerprint density at radius 2 is 0.770 bits per heavy atom. The van der Waals surface area contributed by atoms with Gasteiger partial charge in [0.05, 0.1) is 11.0 Å².